The Labute approximate surface area is 123 Å². The number of nitrogens with zero attached hydrogens (tertiary/aromatic N) is 1. The van der Waals surface area contributed by atoms with Gasteiger partial charge in [0.25, 0.3) is 0 Å². The fourth-order valence-electron chi connectivity index (χ4n) is 3.50. The molecular weight excluding hydrogens is 244 g/mol. The molecule has 2 aliphatic rings. The molecule has 3 unspecified atom stereocenters. The van der Waals surface area contributed by atoms with Crippen molar-refractivity contribution in [1.82, 2.24) is 10.2 Å². The summed E-state index contributed by atoms with van der Waals surface area (Å²) in [6.07, 6.45) is 4.14. The van der Waals surface area contributed by atoms with Crippen molar-refractivity contribution in [2.75, 3.05) is 13.1 Å². The minimum absolute atomic E-state index is 0.690. The highest BCUT2D eigenvalue weighted by Gasteiger charge is 2.38. The van der Waals surface area contributed by atoms with Crippen molar-refractivity contribution in [3.8, 4) is 0 Å². The van der Waals surface area contributed by atoms with E-state index in [9.17, 15) is 0 Å². The molecule has 1 N–H and O–H groups in total. The molecule has 0 amide bonds. The second-order valence-corrected chi connectivity index (χ2v) is 6.72. The Kier molecular flexibility index (Phi) is 4.42. The molecule has 0 aromatic heterocycles. The molecule has 20 heavy (non-hydrogen) atoms. The number of rotatable bonds is 5. The van der Waals surface area contributed by atoms with Crippen LogP contribution in [-0.2, 0) is 6.54 Å². The first-order chi connectivity index (χ1) is 9.78. The molecule has 0 radical (unpaired) electrons. The Hall–Kier alpha value is -0.860. The van der Waals surface area contributed by atoms with Gasteiger partial charge in [0, 0.05) is 31.7 Å². The summed E-state index contributed by atoms with van der Waals surface area (Å²) in [6, 6.07) is 12.4. The zero-order valence-electron chi connectivity index (χ0n) is 12.9. The van der Waals surface area contributed by atoms with E-state index in [1.165, 1.54) is 37.9 Å². The van der Waals surface area contributed by atoms with Crippen molar-refractivity contribution >= 4 is 0 Å². The summed E-state index contributed by atoms with van der Waals surface area (Å²) >= 11 is 0. The molecule has 1 aromatic rings. The minimum Gasteiger partial charge on any atom is -0.311 e. The topological polar surface area (TPSA) is 15.3 Å². The van der Waals surface area contributed by atoms with Crippen LogP contribution in [0.5, 0.6) is 0 Å². The lowest BCUT2D eigenvalue weighted by Gasteiger charge is -2.43. The Morgan fingerprint density at radius 3 is 2.65 bits per heavy atom. The molecule has 3 atom stereocenters. The lowest BCUT2D eigenvalue weighted by molar-refractivity contribution is 0.0787. The van der Waals surface area contributed by atoms with Crippen LogP contribution in [0.4, 0.5) is 0 Å². The number of hydrogen-bond donors (Lipinski definition) is 1. The van der Waals surface area contributed by atoms with Gasteiger partial charge in [-0.15, -0.1) is 0 Å². The Bertz CT molecular complexity index is 413. The van der Waals surface area contributed by atoms with E-state index in [-0.39, 0.29) is 0 Å². The van der Waals surface area contributed by atoms with Gasteiger partial charge < -0.3 is 5.32 Å². The maximum atomic E-state index is 3.82. The molecule has 0 bridgehead atoms. The van der Waals surface area contributed by atoms with Gasteiger partial charge in [0.15, 0.2) is 0 Å². The lowest BCUT2D eigenvalue weighted by Crippen LogP contribution is -2.58. The molecule has 1 heterocycles. The smallest absolute Gasteiger partial charge is 0.0250 e. The van der Waals surface area contributed by atoms with Crippen LogP contribution in [0, 0.1) is 11.8 Å². The third kappa shape index (κ3) is 3.24. The van der Waals surface area contributed by atoms with E-state index in [0.29, 0.717) is 6.04 Å². The second kappa shape index (κ2) is 6.28. The van der Waals surface area contributed by atoms with Gasteiger partial charge in [-0.2, -0.15) is 0 Å². The van der Waals surface area contributed by atoms with Gasteiger partial charge >= 0.3 is 0 Å². The molecule has 2 heteroatoms. The monoisotopic (exact) mass is 272 g/mol. The van der Waals surface area contributed by atoms with Gasteiger partial charge in [0.05, 0.1) is 0 Å². The second-order valence-electron chi connectivity index (χ2n) is 6.72. The van der Waals surface area contributed by atoms with Crippen LogP contribution in [0.3, 0.4) is 0 Å². The van der Waals surface area contributed by atoms with E-state index in [1.807, 2.05) is 0 Å². The Morgan fingerprint density at radius 1 is 1.25 bits per heavy atom. The lowest BCUT2D eigenvalue weighted by atomic mass is 9.93. The van der Waals surface area contributed by atoms with Gasteiger partial charge in [-0.3, -0.25) is 4.90 Å². The van der Waals surface area contributed by atoms with Gasteiger partial charge in [0.2, 0.25) is 0 Å². The summed E-state index contributed by atoms with van der Waals surface area (Å²) in [7, 11) is 0. The van der Waals surface area contributed by atoms with E-state index in [1.54, 1.807) is 0 Å². The highest BCUT2D eigenvalue weighted by molar-refractivity contribution is 5.15. The summed E-state index contributed by atoms with van der Waals surface area (Å²) in [5.74, 6) is 1.72. The highest BCUT2D eigenvalue weighted by Crippen LogP contribution is 2.35. The van der Waals surface area contributed by atoms with Crippen LogP contribution >= 0.6 is 0 Å². The fraction of sp³-hybridized carbons (Fsp3) is 0.667. The Balaban J connectivity index is 1.70. The van der Waals surface area contributed by atoms with Crippen LogP contribution in [0.1, 0.15) is 38.7 Å². The number of hydrogen-bond acceptors (Lipinski definition) is 2. The highest BCUT2D eigenvalue weighted by atomic mass is 15.2. The normalized spacial score (nSPS) is 29.3. The van der Waals surface area contributed by atoms with Gasteiger partial charge in [-0.05, 0) is 30.2 Å². The summed E-state index contributed by atoms with van der Waals surface area (Å²) in [6.45, 7) is 8.23. The molecule has 110 valence electrons. The standard InChI is InChI=1S/C18H28N2/c1-3-14(2)18-11-19-17(16-9-10-16)13-20(18)12-15-7-5-4-6-8-15/h4-8,14,16-19H,3,9-13H2,1-2H3. The molecule has 2 nitrogen and oxygen atoms in total. The maximum absolute atomic E-state index is 3.82. The number of benzene rings is 1. The third-order valence-electron chi connectivity index (χ3n) is 5.21. The maximum Gasteiger partial charge on any atom is 0.0250 e. The Morgan fingerprint density at radius 2 is 2.00 bits per heavy atom. The zero-order chi connectivity index (χ0) is 13.9. The average molecular weight is 272 g/mol. The predicted molar refractivity (Wildman–Crippen MR) is 84.6 cm³/mol. The van der Waals surface area contributed by atoms with E-state index in [4.69, 9.17) is 0 Å². The van der Waals surface area contributed by atoms with Crippen LogP contribution in [0.2, 0.25) is 0 Å². The molecule has 1 saturated heterocycles. The van der Waals surface area contributed by atoms with E-state index in [0.717, 1.165) is 24.4 Å². The number of nitrogens with one attached hydrogen (secondary N) is 1. The third-order valence-corrected chi connectivity index (χ3v) is 5.21. The average Bonchev–Trinajstić information content (AvgIpc) is 3.32. The first kappa shape index (κ1) is 14.1. The van der Waals surface area contributed by atoms with E-state index < -0.39 is 0 Å². The van der Waals surface area contributed by atoms with Crippen LogP contribution < -0.4 is 5.32 Å². The molecule has 1 saturated carbocycles. The van der Waals surface area contributed by atoms with E-state index in [2.05, 4.69) is 54.4 Å². The molecule has 1 aromatic carbocycles. The zero-order valence-corrected chi connectivity index (χ0v) is 12.9. The molecule has 1 aliphatic heterocycles. The first-order valence-corrected chi connectivity index (χ1v) is 8.29. The van der Waals surface area contributed by atoms with Crippen molar-refractivity contribution in [3.05, 3.63) is 35.9 Å². The van der Waals surface area contributed by atoms with Crippen molar-refractivity contribution in [2.24, 2.45) is 11.8 Å². The molecule has 3 rings (SSSR count). The molecule has 1 aliphatic carbocycles. The molecular formula is C18H28N2. The van der Waals surface area contributed by atoms with Crippen LogP contribution in [-0.4, -0.2) is 30.1 Å². The van der Waals surface area contributed by atoms with Crippen molar-refractivity contribution < 1.29 is 0 Å². The van der Waals surface area contributed by atoms with Crippen LogP contribution in [0.15, 0.2) is 30.3 Å². The summed E-state index contributed by atoms with van der Waals surface area (Å²) in [4.78, 5) is 2.74. The predicted octanol–water partition coefficient (Wildman–Crippen LogP) is 3.29. The van der Waals surface area contributed by atoms with Crippen molar-refractivity contribution in [1.29, 1.82) is 0 Å². The quantitative estimate of drug-likeness (QED) is 0.885. The van der Waals surface area contributed by atoms with Crippen molar-refractivity contribution in [3.63, 3.8) is 0 Å². The SMILES string of the molecule is CCC(C)C1CNC(C2CC2)CN1Cc1ccccc1. The number of piperazine rings is 1. The van der Waals surface area contributed by atoms with Gasteiger partial charge in [-0.1, -0.05) is 50.6 Å². The first-order valence-electron chi connectivity index (χ1n) is 8.29. The summed E-state index contributed by atoms with van der Waals surface area (Å²) < 4.78 is 0. The van der Waals surface area contributed by atoms with Crippen molar-refractivity contribution in [2.45, 2.75) is 51.7 Å². The van der Waals surface area contributed by atoms with Crippen LogP contribution in [0.25, 0.3) is 0 Å². The molecule has 0 spiro atoms. The van der Waals surface area contributed by atoms with Gasteiger partial charge in [-0.25, -0.2) is 0 Å². The van der Waals surface area contributed by atoms with E-state index >= 15 is 0 Å². The van der Waals surface area contributed by atoms with Gasteiger partial charge in [0.1, 0.15) is 0 Å². The molecule has 2 fully saturated rings. The fourth-order valence-corrected chi connectivity index (χ4v) is 3.50. The summed E-state index contributed by atoms with van der Waals surface area (Å²) in [5.41, 5.74) is 1.46. The summed E-state index contributed by atoms with van der Waals surface area (Å²) in [5, 5.41) is 3.82. The minimum atomic E-state index is 0.690. The largest absolute Gasteiger partial charge is 0.311 e.